The van der Waals surface area contributed by atoms with Gasteiger partial charge in [-0.1, -0.05) is 13.0 Å². The Kier molecular flexibility index (Phi) is 2.62. The molecule has 2 rings (SSSR count). The van der Waals surface area contributed by atoms with Gasteiger partial charge in [-0.25, -0.2) is 0 Å². The Balaban J connectivity index is 2.50. The van der Waals surface area contributed by atoms with Crippen molar-refractivity contribution in [3.8, 4) is 5.75 Å². The molecule has 0 spiro atoms. The van der Waals surface area contributed by atoms with Crippen LogP contribution in [0.1, 0.15) is 24.5 Å². The van der Waals surface area contributed by atoms with Crippen LogP contribution < -0.4 is 10.1 Å². The van der Waals surface area contributed by atoms with E-state index in [0.29, 0.717) is 6.42 Å². The molecule has 0 saturated heterocycles. The van der Waals surface area contributed by atoms with E-state index >= 15 is 0 Å². The molecule has 0 unspecified atom stereocenters. The van der Waals surface area contributed by atoms with E-state index in [-0.39, 0.29) is 5.91 Å². The lowest BCUT2D eigenvalue weighted by molar-refractivity contribution is -0.116. The Morgan fingerprint density at radius 3 is 2.87 bits per heavy atom. The van der Waals surface area contributed by atoms with Crippen LogP contribution in [-0.2, 0) is 17.6 Å². The Bertz CT molecular complexity index is 399. The van der Waals surface area contributed by atoms with Crippen molar-refractivity contribution in [2.24, 2.45) is 0 Å². The summed E-state index contributed by atoms with van der Waals surface area (Å²) in [4.78, 5) is 11.2. The third kappa shape index (κ3) is 1.69. The number of hydrogen-bond donors (Lipinski definition) is 1. The number of aryl methyl sites for hydroxylation is 1. The number of carbonyl (C=O) groups is 1. The minimum Gasteiger partial charge on any atom is -0.496 e. The lowest BCUT2D eigenvalue weighted by Gasteiger charge is -2.21. The van der Waals surface area contributed by atoms with E-state index in [9.17, 15) is 4.79 Å². The smallest absolute Gasteiger partial charge is 0.224 e. The van der Waals surface area contributed by atoms with Crippen molar-refractivity contribution in [3.05, 3.63) is 23.3 Å². The summed E-state index contributed by atoms with van der Waals surface area (Å²) in [6, 6.07) is 3.98. The number of amides is 1. The predicted molar refractivity (Wildman–Crippen MR) is 59.3 cm³/mol. The Morgan fingerprint density at radius 1 is 1.40 bits per heavy atom. The van der Waals surface area contributed by atoms with Crippen LogP contribution in [-0.4, -0.2) is 13.0 Å². The molecule has 0 aliphatic carbocycles. The minimum atomic E-state index is 0.0915. The summed E-state index contributed by atoms with van der Waals surface area (Å²) in [6.45, 7) is 2.10. The van der Waals surface area contributed by atoms with Gasteiger partial charge in [0.25, 0.3) is 0 Å². The van der Waals surface area contributed by atoms with Crippen LogP contribution >= 0.6 is 0 Å². The number of benzene rings is 1. The van der Waals surface area contributed by atoms with Crippen LogP contribution in [0.25, 0.3) is 0 Å². The predicted octanol–water partition coefficient (Wildman–Crippen LogP) is 2.14. The fraction of sp³-hybridized carbons (Fsp3) is 0.417. The normalized spacial score (nSPS) is 14.4. The summed E-state index contributed by atoms with van der Waals surface area (Å²) in [5.74, 6) is 1.03. The number of hydrogen-bond acceptors (Lipinski definition) is 2. The van der Waals surface area contributed by atoms with Gasteiger partial charge in [-0.05, 0) is 24.5 Å². The Labute approximate surface area is 89.4 Å². The van der Waals surface area contributed by atoms with E-state index < -0.39 is 0 Å². The molecule has 3 heteroatoms. The van der Waals surface area contributed by atoms with Crippen molar-refractivity contribution in [1.82, 2.24) is 0 Å². The highest BCUT2D eigenvalue weighted by Crippen LogP contribution is 2.34. The third-order valence-corrected chi connectivity index (χ3v) is 2.80. The second kappa shape index (κ2) is 3.93. The van der Waals surface area contributed by atoms with Gasteiger partial charge in [-0.2, -0.15) is 0 Å². The van der Waals surface area contributed by atoms with E-state index in [4.69, 9.17) is 4.74 Å². The summed E-state index contributed by atoms with van der Waals surface area (Å²) in [7, 11) is 1.69. The molecule has 0 atom stereocenters. The molecule has 0 radical (unpaired) electrons. The molecule has 0 aromatic heterocycles. The number of rotatable bonds is 2. The number of carbonyl (C=O) groups excluding carboxylic acids is 1. The Hall–Kier alpha value is -1.51. The second-order valence-corrected chi connectivity index (χ2v) is 3.69. The average molecular weight is 205 g/mol. The van der Waals surface area contributed by atoms with Gasteiger partial charge in [0.05, 0.1) is 7.11 Å². The fourth-order valence-corrected chi connectivity index (χ4v) is 2.03. The van der Waals surface area contributed by atoms with Crippen molar-refractivity contribution in [1.29, 1.82) is 0 Å². The number of fused-ring (bicyclic) bond motifs is 1. The number of nitrogens with one attached hydrogen (secondary N) is 1. The van der Waals surface area contributed by atoms with Crippen LogP contribution in [0, 0.1) is 0 Å². The summed E-state index contributed by atoms with van der Waals surface area (Å²) in [5, 5.41) is 2.87. The molecular formula is C12H15NO2. The molecule has 1 aromatic rings. The summed E-state index contributed by atoms with van der Waals surface area (Å²) in [5.41, 5.74) is 3.24. The first kappa shape index (κ1) is 10.0. The molecule has 15 heavy (non-hydrogen) atoms. The van der Waals surface area contributed by atoms with Crippen molar-refractivity contribution < 1.29 is 9.53 Å². The topological polar surface area (TPSA) is 38.3 Å². The number of anilines is 1. The highest BCUT2D eigenvalue weighted by atomic mass is 16.5. The van der Waals surface area contributed by atoms with E-state index in [1.165, 1.54) is 5.56 Å². The molecule has 3 nitrogen and oxygen atoms in total. The van der Waals surface area contributed by atoms with Crippen LogP contribution in [0.15, 0.2) is 12.1 Å². The largest absolute Gasteiger partial charge is 0.496 e. The van der Waals surface area contributed by atoms with Gasteiger partial charge in [-0.15, -0.1) is 0 Å². The molecule has 1 N–H and O–H groups in total. The average Bonchev–Trinajstić information content (AvgIpc) is 2.27. The number of ether oxygens (including phenoxy) is 1. The molecule has 0 saturated carbocycles. The maximum atomic E-state index is 11.2. The van der Waals surface area contributed by atoms with Gasteiger partial charge in [0.15, 0.2) is 0 Å². The minimum absolute atomic E-state index is 0.0915. The summed E-state index contributed by atoms with van der Waals surface area (Å²) in [6.07, 6.45) is 2.28. The highest BCUT2D eigenvalue weighted by Gasteiger charge is 2.19. The first-order chi connectivity index (χ1) is 7.26. The maximum Gasteiger partial charge on any atom is 0.224 e. The van der Waals surface area contributed by atoms with Crippen LogP contribution in [0.5, 0.6) is 5.75 Å². The molecule has 80 valence electrons. The van der Waals surface area contributed by atoms with Gasteiger partial charge in [0.2, 0.25) is 5.91 Å². The van der Waals surface area contributed by atoms with Crippen molar-refractivity contribution in [2.75, 3.05) is 12.4 Å². The second-order valence-electron chi connectivity index (χ2n) is 3.69. The lowest BCUT2D eigenvalue weighted by Crippen LogP contribution is -2.19. The van der Waals surface area contributed by atoms with Crippen LogP contribution in [0.4, 0.5) is 5.69 Å². The molecule has 1 aromatic carbocycles. The van der Waals surface area contributed by atoms with E-state index in [1.807, 2.05) is 12.1 Å². The summed E-state index contributed by atoms with van der Waals surface area (Å²) >= 11 is 0. The molecule has 1 amide bonds. The number of methoxy groups -OCH3 is 1. The van der Waals surface area contributed by atoms with Gasteiger partial charge in [0.1, 0.15) is 5.75 Å². The molecule has 1 aliphatic rings. The maximum absolute atomic E-state index is 11.2. The molecule has 0 fully saturated rings. The first-order valence-corrected chi connectivity index (χ1v) is 5.24. The zero-order valence-corrected chi connectivity index (χ0v) is 9.09. The standard InChI is InChI=1S/C12H15NO2/c1-3-8-4-6-10-9(12(8)15-2)5-7-11(14)13-10/h4,6H,3,5,7H2,1-2H3,(H,13,14). The quantitative estimate of drug-likeness (QED) is 0.803. The molecule has 0 bridgehead atoms. The Morgan fingerprint density at radius 2 is 2.20 bits per heavy atom. The van der Waals surface area contributed by atoms with Gasteiger partial charge < -0.3 is 10.1 Å². The monoisotopic (exact) mass is 205 g/mol. The fourth-order valence-electron chi connectivity index (χ4n) is 2.03. The van der Waals surface area contributed by atoms with Gasteiger partial charge in [0, 0.05) is 17.7 Å². The zero-order chi connectivity index (χ0) is 10.8. The van der Waals surface area contributed by atoms with E-state index in [1.54, 1.807) is 7.11 Å². The highest BCUT2D eigenvalue weighted by molar-refractivity contribution is 5.94. The van der Waals surface area contributed by atoms with E-state index in [2.05, 4.69) is 12.2 Å². The zero-order valence-electron chi connectivity index (χ0n) is 9.09. The van der Waals surface area contributed by atoms with Gasteiger partial charge >= 0.3 is 0 Å². The summed E-state index contributed by atoms with van der Waals surface area (Å²) < 4.78 is 5.42. The van der Waals surface area contributed by atoms with Crippen molar-refractivity contribution in [2.45, 2.75) is 26.2 Å². The van der Waals surface area contributed by atoms with Crippen molar-refractivity contribution in [3.63, 3.8) is 0 Å². The van der Waals surface area contributed by atoms with Crippen LogP contribution in [0.3, 0.4) is 0 Å². The third-order valence-electron chi connectivity index (χ3n) is 2.80. The van der Waals surface area contributed by atoms with Gasteiger partial charge in [-0.3, -0.25) is 4.79 Å². The lowest BCUT2D eigenvalue weighted by atomic mass is 9.98. The molecular weight excluding hydrogens is 190 g/mol. The van der Waals surface area contributed by atoms with Crippen LogP contribution in [0.2, 0.25) is 0 Å². The molecule has 1 aliphatic heterocycles. The SMILES string of the molecule is CCc1ccc2c(c1OC)CCC(=O)N2. The van der Waals surface area contributed by atoms with E-state index in [0.717, 1.165) is 29.8 Å². The first-order valence-electron chi connectivity index (χ1n) is 5.24. The van der Waals surface area contributed by atoms with Crippen molar-refractivity contribution >= 4 is 11.6 Å². The molecule has 1 heterocycles.